The van der Waals surface area contributed by atoms with Crippen molar-refractivity contribution in [2.75, 3.05) is 19.5 Å². The maximum Gasteiger partial charge on any atom is 0.330 e. The monoisotopic (exact) mass is 291 g/mol. The Hall–Kier alpha value is -2.30. The van der Waals surface area contributed by atoms with Gasteiger partial charge in [0.2, 0.25) is 5.91 Å². The van der Waals surface area contributed by atoms with Gasteiger partial charge >= 0.3 is 5.97 Å². The molecule has 0 saturated carbocycles. The lowest BCUT2D eigenvalue weighted by atomic mass is 9.95. The van der Waals surface area contributed by atoms with Crippen LogP contribution in [0.4, 0.5) is 5.69 Å². The van der Waals surface area contributed by atoms with Crippen molar-refractivity contribution in [3.05, 3.63) is 29.8 Å². The largest absolute Gasteiger partial charge is 0.495 e. The molecule has 0 fully saturated rings. The number of benzene rings is 1. The molecule has 0 heterocycles. The van der Waals surface area contributed by atoms with Crippen molar-refractivity contribution in [2.24, 2.45) is 5.41 Å². The van der Waals surface area contributed by atoms with Crippen LogP contribution in [0, 0.1) is 5.41 Å². The van der Waals surface area contributed by atoms with Crippen molar-refractivity contribution in [2.45, 2.75) is 20.8 Å². The predicted octanol–water partition coefficient (Wildman–Crippen LogP) is 2.87. The fraction of sp³-hybridized carbons (Fsp3) is 0.375. The number of hydrogen-bond donors (Lipinski definition) is 1. The number of nitrogens with one attached hydrogen (secondary N) is 1. The molecule has 0 aliphatic carbocycles. The lowest BCUT2D eigenvalue weighted by Gasteiger charge is -2.20. The molecule has 114 valence electrons. The van der Waals surface area contributed by atoms with Gasteiger partial charge in [-0.3, -0.25) is 4.79 Å². The third-order valence-corrected chi connectivity index (χ3v) is 2.80. The van der Waals surface area contributed by atoms with E-state index in [1.807, 2.05) is 20.8 Å². The summed E-state index contributed by atoms with van der Waals surface area (Å²) in [5.74, 6) is -0.0785. The van der Waals surface area contributed by atoms with E-state index in [2.05, 4.69) is 10.1 Å². The summed E-state index contributed by atoms with van der Waals surface area (Å²) in [6.07, 6.45) is 2.87. The van der Waals surface area contributed by atoms with Crippen LogP contribution in [0.15, 0.2) is 24.3 Å². The SMILES string of the molecule is COC(=O)/C=C/c1cccc(OC)c1NC(=O)C(C)(C)C. The molecule has 21 heavy (non-hydrogen) atoms. The van der Waals surface area contributed by atoms with Crippen molar-refractivity contribution in [1.82, 2.24) is 0 Å². The zero-order valence-corrected chi connectivity index (χ0v) is 13.0. The second-order valence-electron chi connectivity index (χ2n) is 5.49. The maximum atomic E-state index is 12.2. The normalized spacial score (nSPS) is 11.3. The van der Waals surface area contributed by atoms with E-state index >= 15 is 0 Å². The van der Waals surface area contributed by atoms with Crippen LogP contribution >= 0.6 is 0 Å². The summed E-state index contributed by atoms with van der Waals surface area (Å²) in [5.41, 5.74) is 0.655. The highest BCUT2D eigenvalue weighted by atomic mass is 16.5. The van der Waals surface area contributed by atoms with E-state index in [4.69, 9.17) is 4.74 Å². The number of esters is 1. The number of carbonyl (C=O) groups is 2. The van der Waals surface area contributed by atoms with Gasteiger partial charge < -0.3 is 14.8 Å². The van der Waals surface area contributed by atoms with Gasteiger partial charge in [-0.05, 0) is 12.1 Å². The number of hydrogen-bond acceptors (Lipinski definition) is 4. The summed E-state index contributed by atoms with van der Waals surface area (Å²) >= 11 is 0. The molecule has 0 aromatic heterocycles. The summed E-state index contributed by atoms with van der Waals surface area (Å²) in [6.45, 7) is 5.46. The van der Waals surface area contributed by atoms with E-state index in [1.165, 1.54) is 20.3 Å². The Bertz CT molecular complexity index is 556. The third-order valence-electron chi connectivity index (χ3n) is 2.80. The molecule has 0 saturated heterocycles. The van der Waals surface area contributed by atoms with E-state index in [0.29, 0.717) is 17.0 Å². The van der Waals surface area contributed by atoms with E-state index < -0.39 is 11.4 Å². The first kappa shape index (κ1) is 16.8. The van der Waals surface area contributed by atoms with Crippen molar-refractivity contribution < 1.29 is 19.1 Å². The first-order valence-electron chi connectivity index (χ1n) is 6.54. The minimum atomic E-state index is -0.538. The number of carbonyl (C=O) groups excluding carboxylic acids is 2. The van der Waals surface area contributed by atoms with Gasteiger partial charge in [-0.1, -0.05) is 32.9 Å². The highest BCUT2D eigenvalue weighted by molar-refractivity contribution is 5.98. The van der Waals surface area contributed by atoms with Crippen LogP contribution in [0.1, 0.15) is 26.3 Å². The van der Waals surface area contributed by atoms with Gasteiger partial charge in [0.15, 0.2) is 0 Å². The first-order chi connectivity index (χ1) is 9.79. The fourth-order valence-corrected chi connectivity index (χ4v) is 1.52. The molecule has 5 nitrogen and oxygen atoms in total. The number of ether oxygens (including phenoxy) is 2. The standard InChI is InChI=1S/C16H21NO4/c1-16(2,3)15(19)17-14-11(9-10-13(18)21-5)7-6-8-12(14)20-4/h6-10H,1-5H3,(H,17,19)/b10-9+. The maximum absolute atomic E-state index is 12.2. The quantitative estimate of drug-likeness (QED) is 0.684. The minimum absolute atomic E-state index is 0.139. The second-order valence-corrected chi connectivity index (χ2v) is 5.49. The lowest BCUT2D eigenvalue weighted by molar-refractivity contribution is -0.134. The molecule has 0 aliphatic heterocycles. The summed E-state index contributed by atoms with van der Waals surface area (Å²) in [5, 5.41) is 2.84. The Morgan fingerprint density at radius 2 is 1.86 bits per heavy atom. The van der Waals surface area contributed by atoms with E-state index in [0.717, 1.165) is 0 Å². The Kier molecular flexibility index (Phi) is 5.52. The molecule has 1 N–H and O–H groups in total. The molecule has 0 atom stereocenters. The number of para-hydroxylation sites is 1. The van der Waals surface area contributed by atoms with Crippen LogP contribution in [0.3, 0.4) is 0 Å². The van der Waals surface area contributed by atoms with Crippen LogP contribution < -0.4 is 10.1 Å². The molecule has 0 spiro atoms. The molecule has 0 bridgehead atoms. The van der Waals surface area contributed by atoms with Gasteiger partial charge in [0, 0.05) is 17.1 Å². The van der Waals surface area contributed by atoms with Crippen LogP contribution in [0.25, 0.3) is 6.08 Å². The van der Waals surface area contributed by atoms with Gasteiger partial charge in [0.05, 0.1) is 19.9 Å². The number of methoxy groups -OCH3 is 2. The summed E-state index contributed by atoms with van der Waals surface area (Å²) in [4.78, 5) is 23.4. The Labute approximate surface area is 124 Å². The van der Waals surface area contributed by atoms with Crippen molar-refractivity contribution in [1.29, 1.82) is 0 Å². The summed E-state index contributed by atoms with van der Waals surface area (Å²) in [6, 6.07) is 5.30. The molecule has 1 aromatic carbocycles. The van der Waals surface area contributed by atoms with Crippen LogP contribution in [0.2, 0.25) is 0 Å². The van der Waals surface area contributed by atoms with Crippen LogP contribution in [-0.4, -0.2) is 26.1 Å². The molecule has 1 rings (SSSR count). The zero-order chi connectivity index (χ0) is 16.0. The highest BCUT2D eigenvalue weighted by Crippen LogP contribution is 2.31. The van der Waals surface area contributed by atoms with E-state index in [1.54, 1.807) is 24.3 Å². The number of rotatable bonds is 4. The average Bonchev–Trinajstić information content (AvgIpc) is 2.44. The molecule has 1 aromatic rings. The molecule has 1 amide bonds. The smallest absolute Gasteiger partial charge is 0.330 e. The van der Waals surface area contributed by atoms with Crippen molar-refractivity contribution in [3.8, 4) is 5.75 Å². The lowest BCUT2D eigenvalue weighted by Crippen LogP contribution is -2.28. The topological polar surface area (TPSA) is 64.6 Å². The van der Waals surface area contributed by atoms with Crippen molar-refractivity contribution in [3.63, 3.8) is 0 Å². The summed E-state index contributed by atoms with van der Waals surface area (Å²) < 4.78 is 9.83. The predicted molar refractivity (Wildman–Crippen MR) is 82.1 cm³/mol. The molecular weight excluding hydrogens is 270 g/mol. The minimum Gasteiger partial charge on any atom is -0.495 e. The van der Waals surface area contributed by atoms with Crippen LogP contribution in [0.5, 0.6) is 5.75 Å². The Balaban J connectivity index is 3.18. The van der Waals surface area contributed by atoms with Gasteiger partial charge in [0.1, 0.15) is 5.75 Å². The Morgan fingerprint density at radius 1 is 1.19 bits per heavy atom. The van der Waals surface area contributed by atoms with Crippen LogP contribution in [-0.2, 0) is 14.3 Å². The van der Waals surface area contributed by atoms with E-state index in [9.17, 15) is 9.59 Å². The van der Waals surface area contributed by atoms with E-state index in [-0.39, 0.29) is 5.91 Å². The first-order valence-corrected chi connectivity index (χ1v) is 6.54. The number of amides is 1. The fourth-order valence-electron chi connectivity index (χ4n) is 1.52. The summed E-state index contributed by atoms with van der Waals surface area (Å²) in [7, 11) is 2.83. The van der Waals surface area contributed by atoms with Gasteiger partial charge in [-0.25, -0.2) is 4.79 Å². The van der Waals surface area contributed by atoms with Gasteiger partial charge in [-0.2, -0.15) is 0 Å². The highest BCUT2D eigenvalue weighted by Gasteiger charge is 2.23. The second kappa shape index (κ2) is 6.92. The molecule has 0 radical (unpaired) electrons. The molecule has 5 heteroatoms. The van der Waals surface area contributed by atoms with Gasteiger partial charge in [0.25, 0.3) is 0 Å². The Morgan fingerprint density at radius 3 is 2.38 bits per heavy atom. The third kappa shape index (κ3) is 4.63. The van der Waals surface area contributed by atoms with Gasteiger partial charge in [-0.15, -0.1) is 0 Å². The molecule has 0 unspecified atom stereocenters. The average molecular weight is 291 g/mol. The molecule has 0 aliphatic rings. The zero-order valence-electron chi connectivity index (χ0n) is 13.0. The number of anilines is 1. The molecular formula is C16H21NO4. The van der Waals surface area contributed by atoms with Crippen molar-refractivity contribution >= 4 is 23.6 Å².